The Labute approximate surface area is 220 Å². The summed E-state index contributed by atoms with van der Waals surface area (Å²) in [5.41, 5.74) is 3.11. The minimum atomic E-state index is -0.581. The minimum absolute atomic E-state index is 0.0357. The topological polar surface area (TPSA) is 123 Å². The number of aromatic nitrogens is 5. The fourth-order valence-corrected chi connectivity index (χ4v) is 5.32. The molecule has 2 fully saturated rings. The fraction of sp³-hybridized carbons (Fsp3) is 0.357. The highest BCUT2D eigenvalue weighted by Crippen LogP contribution is 2.48. The first-order valence-corrected chi connectivity index (χ1v) is 12.6. The summed E-state index contributed by atoms with van der Waals surface area (Å²) in [6, 6.07) is 1.24. The van der Waals surface area contributed by atoms with E-state index in [9.17, 15) is 14.4 Å². The molecule has 194 valence electrons. The quantitative estimate of drug-likeness (QED) is 0.335. The summed E-state index contributed by atoms with van der Waals surface area (Å²) in [4.78, 5) is 58.5. The first kappa shape index (κ1) is 25.3. The number of hydrogen-bond donors (Lipinski definition) is 0. The third kappa shape index (κ3) is 4.46. The SMILES string of the molecule is C=C/N=C(\C=C/C)C(=O)[C@@H]1C[C@H]2C[C@H]2N1C(=O)Cn1nc(C(C)=O)c2cc(-c3cnc(C)nc3)nc(C)c21. The van der Waals surface area contributed by atoms with Crippen LogP contribution in [0.15, 0.2) is 48.4 Å². The van der Waals surface area contributed by atoms with Gasteiger partial charge in [-0.05, 0) is 51.7 Å². The second-order valence-electron chi connectivity index (χ2n) is 9.75. The molecule has 1 amide bonds. The molecule has 3 atom stereocenters. The van der Waals surface area contributed by atoms with E-state index in [0.29, 0.717) is 40.5 Å². The maximum Gasteiger partial charge on any atom is 0.245 e. The lowest BCUT2D eigenvalue weighted by molar-refractivity contribution is -0.137. The van der Waals surface area contributed by atoms with Crippen molar-refractivity contribution in [2.24, 2.45) is 10.9 Å². The normalized spacial score (nSPS) is 20.7. The van der Waals surface area contributed by atoms with Crippen LogP contribution in [0.5, 0.6) is 0 Å². The summed E-state index contributed by atoms with van der Waals surface area (Å²) in [5, 5.41) is 5.14. The number of likely N-dealkylation sites (tertiary alicyclic amines) is 1. The summed E-state index contributed by atoms with van der Waals surface area (Å²) >= 11 is 0. The molecule has 3 aromatic rings. The highest BCUT2D eigenvalue weighted by molar-refractivity contribution is 6.46. The molecule has 1 aliphatic carbocycles. The molecule has 10 heteroatoms. The second-order valence-corrected chi connectivity index (χ2v) is 9.75. The number of amides is 1. The number of carbonyl (C=O) groups is 3. The van der Waals surface area contributed by atoms with E-state index in [4.69, 9.17) is 4.98 Å². The molecular formula is C28H29N7O3. The van der Waals surface area contributed by atoms with E-state index in [0.717, 1.165) is 12.0 Å². The predicted octanol–water partition coefficient (Wildman–Crippen LogP) is 3.43. The van der Waals surface area contributed by atoms with Crippen LogP contribution in [-0.4, -0.2) is 64.9 Å². The average molecular weight is 512 g/mol. The van der Waals surface area contributed by atoms with Crippen molar-refractivity contribution in [3.05, 3.63) is 60.6 Å². The molecule has 4 heterocycles. The van der Waals surface area contributed by atoms with Gasteiger partial charge >= 0.3 is 0 Å². The molecule has 0 aromatic carbocycles. The first-order chi connectivity index (χ1) is 18.2. The molecule has 1 saturated heterocycles. The summed E-state index contributed by atoms with van der Waals surface area (Å²) in [6.45, 7) is 10.4. The predicted molar refractivity (Wildman–Crippen MR) is 143 cm³/mol. The molecule has 2 aliphatic rings. The van der Waals surface area contributed by atoms with Gasteiger partial charge in [0.25, 0.3) is 0 Å². The largest absolute Gasteiger partial charge is 0.327 e. The van der Waals surface area contributed by atoms with E-state index in [1.165, 1.54) is 17.8 Å². The van der Waals surface area contributed by atoms with Crippen LogP contribution >= 0.6 is 0 Å². The van der Waals surface area contributed by atoms with Crippen molar-refractivity contribution in [1.29, 1.82) is 0 Å². The van der Waals surface area contributed by atoms with Crippen molar-refractivity contribution in [3.8, 4) is 11.3 Å². The van der Waals surface area contributed by atoms with Gasteiger partial charge in [-0.1, -0.05) is 12.7 Å². The standard InChI is InChI=1S/C28H29N7O3/c1-6-8-21(29-7-2)28(38)24-10-18-9-23(18)35(24)25(37)14-34-27-15(3)32-22(19-12-30-17(5)31-13-19)11-20(27)26(33-34)16(4)36/h6-8,11-13,18,23-24H,2,9-10,14H2,1,3-5H3/b8-6-,29-21+/t18-,23-,24+/m1/s1. The Hall–Kier alpha value is -4.34. The van der Waals surface area contributed by atoms with E-state index < -0.39 is 6.04 Å². The Morgan fingerprint density at radius 1 is 1.18 bits per heavy atom. The van der Waals surface area contributed by atoms with Crippen LogP contribution in [0.2, 0.25) is 0 Å². The van der Waals surface area contributed by atoms with Gasteiger partial charge in [0.1, 0.15) is 23.8 Å². The van der Waals surface area contributed by atoms with Gasteiger partial charge in [0.15, 0.2) is 5.78 Å². The Kier molecular flexibility index (Phi) is 6.56. The van der Waals surface area contributed by atoms with Gasteiger partial charge in [-0.3, -0.25) is 29.0 Å². The third-order valence-corrected chi connectivity index (χ3v) is 7.10. The van der Waals surface area contributed by atoms with E-state index in [1.54, 1.807) is 42.4 Å². The zero-order valence-electron chi connectivity index (χ0n) is 21.9. The second kappa shape index (κ2) is 9.85. The van der Waals surface area contributed by atoms with E-state index in [2.05, 4.69) is 26.6 Å². The van der Waals surface area contributed by atoms with Crippen molar-refractivity contribution >= 4 is 34.1 Å². The molecule has 0 bridgehead atoms. The smallest absolute Gasteiger partial charge is 0.245 e. The number of aryl methyl sites for hydroxylation is 2. The van der Waals surface area contributed by atoms with Crippen LogP contribution in [0.1, 0.15) is 48.7 Å². The zero-order valence-corrected chi connectivity index (χ0v) is 21.9. The third-order valence-electron chi connectivity index (χ3n) is 7.10. The Morgan fingerprint density at radius 2 is 1.92 bits per heavy atom. The number of ketones is 2. The fourth-order valence-electron chi connectivity index (χ4n) is 5.32. The maximum absolute atomic E-state index is 13.7. The first-order valence-electron chi connectivity index (χ1n) is 12.6. The average Bonchev–Trinajstić information content (AvgIpc) is 3.38. The summed E-state index contributed by atoms with van der Waals surface area (Å²) in [6.07, 6.45) is 9.59. The van der Waals surface area contributed by atoms with Crippen LogP contribution in [0.25, 0.3) is 22.2 Å². The van der Waals surface area contributed by atoms with E-state index >= 15 is 0 Å². The molecule has 0 radical (unpaired) electrons. The number of pyridine rings is 1. The highest BCUT2D eigenvalue weighted by Gasteiger charge is 2.56. The van der Waals surface area contributed by atoms with E-state index in [1.807, 2.05) is 13.8 Å². The van der Waals surface area contributed by atoms with Gasteiger partial charge in [0.2, 0.25) is 11.7 Å². The number of hydrogen-bond acceptors (Lipinski definition) is 8. The molecule has 0 spiro atoms. The molecule has 0 unspecified atom stereocenters. The van der Waals surface area contributed by atoms with Crippen molar-refractivity contribution in [2.45, 2.75) is 59.2 Å². The van der Waals surface area contributed by atoms with Gasteiger partial charge in [-0.15, -0.1) is 0 Å². The number of allylic oxidation sites excluding steroid dienone is 2. The van der Waals surface area contributed by atoms with Crippen LogP contribution in [0.4, 0.5) is 0 Å². The molecule has 38 heavy (non-hydrogen) atoms. The van der Waals surface area contributed by atoms with Crippen molar-refractivity contribution in [2.75, 3.05) is 0 Å². The Bertz CT molecular complexity index is 1530. The lowest BCUT2D eigenvalue weighted by Gasteiger charge is -2.26. The van der Waals surface area contributed by atoms with Gasteiger partial charge in [0.05, 0.1) is 22.9 Å². The summed E-state index contributed by atoms with van der Waals surface area (Å²) in [7, 11) is 0. The number of nitrogens with zero attached hydrogens (tertiary/aromatic N) is 7. The number of piperidine rings is 1. The van der Waals surface area contributed by atoms with Gasteiger partial charge in [0, 0.05) is 42.5 Å². The number of aliphatic imine (C=N–C) groups is 1. The highest BCUT2D eigenvalue weighted by atomic mass is 16.2. The van der Waals surface area contributed by atoms with Crippen molar-refractivity contribution in [3.63, 3.8) is 0 Å². The molecule has 5 rings (SSSR count). The number of Topliss-reactive ketones (excluding diaryl/α,β-unsaturated/α-hetero) is 2. The minimum Gasteiger partial charge on any atom is -0.327 e. The van der Waals surface area contributed by atoms with Crippen LogP contribution in [0.3, 0.4) is 0 Å². The van der Waals surface area contributed by atoms with Gasteiger partial charge < -0.3 is 4.90 Å². The summed E-state index contributed by atoms with van der Waals surface area (Å²) < 4.78 is 1.54. The lowest BCUT2D eigenvalue weighted by Crippen LogP contribution is -2.46. The molecular weight excluding hydrogens is 482 g/mol. The van der Waals surface area contributed by atoms with Crippen LogP contribution in [-0.2, 0) is 16.1 Å². The van der Waals surface area contributed by atoms with Gasteiger partial charge in [-0.2, -0.15) is 5.10 Å². The number of carbonyl (C=O) groups excluding carboxylic acids is 3. The monoisotopic (exact) mass is 511 g/mol. The maximum atomic E-state index is 13.7. The van der Waals surface area contributed by atoms with Crippen molar-refractivity contribution in [1.82, 2.24) is 29.6 Å². The zero-order chi connectivity index (χ0) is 27.1. The molecule has 10 nitrogen and oxygen atoms in total. The molecule has 1 saturated carbocycles. The molecule has 0 N–H and O–H groups in total. The van der Waals surface area contributed by atoms with Crippen LogP contribution < -0.4 is 0 Å². The lowest BCUT2D eigenvalue weighted by atomic mass is 10.0. The molecule has 1 aliphatic heterocycles. The van der Waals surface area contributed by atoms with Crippen LogP contribution in [0, 0.1) is 19.8 Å². The Balaban J connectivity index is 1.50. The number of rotatable bonds is 8. The summed E-state index contributed by atoms with van der Waals surface area (Å²) in [5.74, 6) is 0.328. The van der Waals surface area contributed by atoms with E-state index in [-0.39, 0.29) is 41.5 Å². The van der Waals surface area contributed by atoms with Crippen molar-refractivity contribution < 1.29 is 14.4 Å². The Morgan fingerprint density at radius 3 is 2.58 bits per heavy atom. The molecule has 3 aromatic heterocycles. The number of fused-ring (bicyclic) bond motifs is 2. The van der Waals surface area contributed by atoms with Gasteiger partial charge in [-0.25, -0.2) is 9.97 Å².